The molecule has 1 N–H and O–H groups in total. The molecule has 1 aliphatic rings. The predicted octanol–water partition coefficient (Wildman–Crippen LogP) is 2.75. The SMILES string of the molecule is COc1ccc(C)cc1S(=O)(=O)NCCCc1ccc(N2CCOCC2)cc1. The van der Waals surface area contributed by atoms with E-state index >= 15 is 0 Å². The Morgan fingerprint density at radius 1 is 1.11 bits per heavy atom. The van der Waals surface area contributed by atoms with Crippen molar-refractivity contribution in [3.8, 4) is 5.75 Å². The highest BCUT2D eigenvalue weighted by Crippen LogP contribution is 2.24. The molecule has 1 saturated heterocycles. The number of nitrogens with zero attached hydrogens (tertiary/aromatic N) is 1. The second kappa shape index (κ2) is 9.41. The van der Waals surface area contributed by atoms with Crippen molar-refractivity contribution < 1.29 is 17.9 Å². The molecule has 0 aliphatic carbocycles. The molecule has 28 heavy (non-hydrogen) atoms. The zero-order chi connectivity index (χ0) is 20.0. The standard InChI is InChI=1S/C21H28N2O4S/c1-17-5-10-20(26-2)21(16-17)28(24,25)22-11-3-4-18-6-8-19(9-7-18)23-12-14-27-15-13-23/h5-10,16,22H,3-4,11-15H2,1-2H3. The summed E-state index contributed by atoms with van der Waals surface area (Å²) in [4.78, 5) is 2.50. The van der Waals surface area contributed by atoms with E-state index in [1.54, 1.807) is 12.1 Å². The number of aryl methyl sites for hydroxylation is 2. The van der Waals surface area contributed by atoms with E-state index in [0.29, 0.717) is 12.3 Å². The number of hydrogen-bond acceptors (Lipinski definition) is 5. The van der Waals surface area contributed by atoms with Crippen LogP contribution in [0.2, 0.25) is 0 Å². The molecule has 0 atom stereocenters. The van der Waals surface area contributed by atoms with Crippen LogP contribution < -0.4 is 14.4 Å². The monoisotopic (exact) mass is 404 g/mol. The van der Waals surface area contributed by atoms with Crippen LogP contribution in [0.25, 0.3) is 0 Å². The Morgan fingerprint density at radius 2 is 1.82 bits per heavy atom. The van der Waals surface area contributed by atoms with Crippen LogP contribution in [0.15, 0.2) is 47.4 Å². The summed E-state index contributed by atoms with van der Waals surface area (Å²) >= 11 is 0. The minimum Gasteiger partial charge on any atom is -0.495 e. The van der Waals surface area contributed by atoms with E-state index in [9.17, 15) is 8.42 Å². The lowest BCUT2D eigenvalue weighted by Gasteiger charge is -2.28. The number of hydrogen-bond donors (Lipinski definition) is 1. The average molecular weight is 405 g/mol. The third-order valence-corrected chi connectivity index (χ3v) is 6.34. The maximum Gasteiger partial charge on any atom is 0.244 e. The Kier molecular flexibility index (Phi) is 6.93. The number of ether oxygens (including phenoxy) is 2. The van der Waals surface area contributed by atoms with Crippen LogP contribution in [0.1, 0.15) is 17.5 Å². The molecule has 3 rings (SSSR count). The van der Waals surface area contributed by atoms with Crippen LogP contribution >= 0.6 is 0 Å². The summed E-state index contributed by atoms with van der Waals surface area (Å²) in [6.07, 6.45) is 1.54. The Bertz CT molecular complexity index is 876. The quantitative estimate of drug-likeness (QED) is 0.685. The van der Waals surface area contributed by atoms with Crippen molar-refractivity contribution in [2.24, 2.45) is 0 Å². The number of rotatable bonds is 8. The van der Waals surface area contributed by atoms with Gasteiger partial charge in [-0.25, -0.2) is 13.1 Å². The van der Waals surface area contributed by atoms with Crippen molar-refractivity contribution in [1.29, 1.82) is 0 Å². The first-order valence-electron chi connectivity index (χ1n) is 9.55. The lowest BCUT2D eigenvalue weighted by molar-refractivity contribution is 0.122. The zero-order valence-corrected chi connectivity index (χ0v) is 17.3. The normalized spacial score (nSPS) is 14.9. The smallest absolute Gasteiger partial charge is 0.244 e. The van der Waals surface area contributed by atoms with Gasteiger partial charge in [0, 0.05) is 25.3 Å². The molecule has 152 valence electrons. The first-order valence-corrected chi connectivity index (χ1v) is 11.0. The largest absolute Gasteiger partial charge is 0.495 e. The molecule has 0 amide bonds. The van der Waals surface area contributed by atoms with E-state index in [0.717, 1.165) is 44.7 Å². The van der Waals surface area contributed by atoms with Crippen molar-refractivity contribution in [2.75, 3.05) is 44.9 Å². The maximum absolute atomic E-state index is 12.6. The van der Waals surface area contributed by atoms with Crippen molar-refractivity contribution in [3.05, 3.63) is 53.6 Å². The topological polar surface area (TPSA) is 67.9 Å². The van der Waals surface area contributed by atoms with Gasteiger partial charge in [-0.3, -0.25) is 0 Å². The van der Waals surface area contributed by atoms with Gasteiger partial charge in [0.05, 0.1) is 20.3 Å². The Labute approximate surface area is 167 Å². The number of morpholine rings is 1. The van der Waals surface area contributed by atoms with Gasteiger partial charge < -0.3 is 14.4 Å². The molecule has 0 bridgehead atoms. The molecule has 6 nitrogen and oxygen atoms in total. The highest BCUT2D eigenvalue weighted by atomic mass is 32.2. The molecule has 0 saturated carbocycles. The van der Waals surface area contributed by atoms with E-state index in [4.69, 9.17) is 9.47 Å². The van der Waals surface area contributed by atoms with Crippen LogP contribution in [0.3, 0.4) is 0 Å². The van der Waals surface area contributed by atoms with Crippen molar-refractivity contribution in [2.45, 2.75) is 24.7 Å². The van der Waals surface area contributed by atoms with E-state index in [1.165, 1.54) is 18.4 Å². The molecule has 0 spiro atoms. The van der Waals surface area contributed by atoms with E-state index in [-0.39, 0.29) is 4.90 Å². The summed E-state index contributed by atoms with van der Waals surface area (Å²) in [5.74, 6) is 0.358. The first kappa shape index (κ1) is 20.6. The van der Waals surface area contributed by atoms with Gasteiger partial charge in [-0.2, -0.15) is 0 Å². The Morgan fingerprint density at radius 3 is 2.50 bits per heavy atom. The van der Waals surface area contributed by atoms with Crippen molar-refractivity contribution in [1.82, 2.24) is 4.72 Å². The molecule has 1 heterocycles. The van der Waals surface area contributed by atoms with Crippen LogP contribution in [0.5, 0.6) is 5.75 Å². The lowest BCUT2D eigenvalue weighted by Crippen LogP contribution is -2.36. The molecule has 0 radical (unpaired) electrons. The maximum atomic E-state index is 12.6. The molecule has 0 aromatic heterocycles. The number of benzene rings is 2. The van der Waals surface area contributed by atoms with Crippen LogP contribution in [0, 0.1) is 6.92 Å². The molecule has 0 unspecified atom stereocenters. The summed E-state index contributed by atoms with van der Waals surface area (Å²) in [5, 5.41) is 0. The number of methoxy groups -OCH3 is 1. The van der Waals surface area contributed by atoms with Crippen molar-refractivity contribution >= 4 is 15.7 Å². The fourth-order valence-electron chi connectivity index (χ4n) is 3.27. The molecule has 7 heteroatoms. The summed E-state index contributed by atoms with van der Waals surface area (Å²) in [5.41, 5.74) is 3.28. The average Bonchev–Trinajstić information content (AvgIpc) is 2.72. The third kappa shape index (κ3) is 5.25. The van der Waals surface area contributed by atoms with Gasteiger partial charge in [0.15, 0.2) is 0 Å². The molecular weight excluding hydrogens is 376 g/mol. The fraction of sp³-hybridized carbons (Fsp3) is 0.429. The highest BCUT2D eigenvalue weighted by Gasteiger charge is 2.19. The highest BCUT2D eigenvalue weighted by molar-refractivity contribution is 7.89. The number of nitrogens with one attached hydrogen (secondary N) is 1. The minimum absolute atomic E-state index is 0.185. The van der Waals surface area contributed by atoms with Gasteiger partial charge in [0.2, 0.25) is 10.0 Å². The molecule has 2 aromatic rings. The second-order valence-electron chi connectivity index (χ2n) is 6.92. The summed E-state index contributed by atoms with van der Waals surface area (Å²) in [6, 6.07) is 13.6. The van der Waals surface area contributed by atoms with Crippen LogP contribution in [0.4, 0.5) is 5.69 Å². The van der Waals surface area contributed by atoms with E-state index in [1.807, 2.05) is 13.0 Å². The van der Waals surface area contributed by atoms with Gasteiger partial charge in [0.1, 0.15) is 10.6 Å². The molecular formula is C21H28N2O4S. The van der Waals surface area contributed by atoms with Gasteiger partial charge >= 0.3 is 0 Å². The Hall–Kier alpha value is -2.09. The summed E-state index contributed by atoms with van der Waals surface area (Å²) in [6.45, 7) is 5.62. The van der Waals surface area contributed by atoms with Gasteiger partial charge in [-0.05, 0) is 55.2 Å². The Balaban J connectivity index is 1.52. The van der Waals surface area contributed by atoms with Crippen molar-refractivity contribution in [3.63, 3.8) is 0 Å². The molecule has 1 fully saturated rings. The number of sulfonamides is 1. The second-order valence-corrected chi connectivity index (χ2v) is 8.66. The van der Waals surface area contributed by atoms with Gasteiger partial charge in [-0.15, -0.1) is 0 Å². The third-order valence-electron chi connectivity index (χ3n) is 4.86. The predicted molar refractivity (Wildman–Crippen MR) is 111 cm³/mol. The summed E-state index contributed by atoms with van der Waals surface area (Å²) in [7, 11) is -2.12. The van der Waals surface area contributed by atoms with E-state index in [2.05, 4.69) is 33.9 Å². The van der Waals surface area contributed by atoms with Gasteiger partial charge in [-0.1, -0.05) is 18.2 Å². The van der Waals surface area contributed by atoms with Crippen LogP contribution in [-0.2, 0) is 21.2 Å². The minimum atomic E-state index is -3.59. The van der Waals surface area contributed by atoms with Gasteiger partial charge in [0.25, 0.3) is 0 Å². The fourth-order valence-corrected chi connectivity index (χ4v) is 4.59. The molecule has 1 aliphatic heterocycles. The van der Waals surface area contributed by atoms with E-state index < -0.39 is 10.0 Å². The first-order chi connectivity index (χ1) is 13.5. The summed E-state index contributed by atoms with van der Waals surface area (Å²) < 4.78 is 38.4. The van der Waals surface area contributed by atoms with Crippen LogP contribution in [-0.4, -0.2) is 48.4 Å². The number of anilines is 1. The lowest BCUT2D eigenvalue weighted by atomic mass is 10.1. The molecule has 2 aromatic carbocycles. The zero-order valence-electron chi connectivity index (χ0n) is 16.5.